The molecule has 0 aromatic heterocycles. The molecule has 1 heterocycles. The van der Waals surface area contributed by atoms with E-state index in [9.17, 15) is 0 Å². The van der Waals surface area contributed by atoms with Gasteiger partial charge in [0.25, 0.3) is 0 Å². The van der Waals surface area contributed by atoms with Crippen molar-refractivity contribution in [1.82, 2.24) is 5.32 Å². The van der Waals surface area contributed by atoms with Gasteiger partial charge in [-0.15, -0.1) is 0 Å². The summed E-state index contributed by atoms with van der Waals surface area (Å²) in [5.41, 5.74) is 1.19. The summed E-state index contributed by atoms with van der Waals surface area (Å²) in [6, 6.07) is 6.37. The molecule has 3 rings (SSSR count). The molecule has 1 aliphatic heterocycles. The highest BCUT2D eigenvalue weighted by Crippen LogP contribution is 2.33. The number of hydrogen-bond acceptors (Lipinski definition) is 4. The van der Waals surface area contributed by atoms with Crippen molar-refractivity contribution in [3.8, 4) is 11.5 Å². The molecule has 0 radical (unpaired) electrons. The molecule has 0 amide bonds. The Morgan fingerprint density at radius 2 is 2.05 bits per heavy atom. The minimum atomic E-state index is 0.196. The van der Waals surface area contributed by atoms with E-state index in [4.69, 9.17) is 14.2 Å². The van der Waals surface area contributed by atoms with Crippen LogP contribution >= 0.6 is 0 Å². The Labute approximate surface area is 126 Å². The molecular formula is C17H25NO3. The fourth-order valence-electron chi connectivity index (χ4n) is 2.60. The predicted octanol–water partition coefficient (Wildman–Crippen LogP) is 2.93. The number of rotatable bonds is 7. The fraction of sp³-hybridized carbons (Fsp3) is 0.647. The number of ether oxygens (including phenoxy) is 3. The minimum absolute atomic E-state index is 0.196. The number of fused-ring (bicyclic) bond motifs is 1. The molecule has 116 valence electrons. The first-order valence-electron chi connectivity index (χ1n) is 8.01. The number of likely N-dealkylation sites (N-methyl/N-ethyl adjacent to an activating group) is 1. The normalized spacial score (nSPS) is 19.1. The first-order valence-corrected chi connectivity index (χ1v) is 8.01. The summed E-state index contributed by atoms with van der Waals surface area (Å²) in [4.78, 5) is 0. The molecule has 4 heteroatoms. The van der Waals surface area contributed by atoms with Gasteiger partial charge in [-0.3, -0.25) is 0 Å². The van der Waals surface area contributed by atoms with Gasteiger partial charge in [-0.1, -0.05) is 18.9 Å². The maximum atomic E-state index is 5.83. The van der Waals surface area contributed by atoms with Crippen LogP contribution in [0.15, 0.2) is 18.2 Å². The molecule has 2 aliphatic rings. The van der Waals surface area contributed by atoms with Gasteiger partial charge in [0.1, 0.15) is 0 Å². The Hall–Kier alpha value is -1.26. The van der Waals surface area contributed by atoms with Crippen molar-refractivity contribution in [3.05, 3.63) is 23.8 Å². The summed E-state index contributed by atoms with van der Waals surface area (Å²) >= 11 is 0. The SMILES string of the molecule is CNC(COCCC1CC1)c1ccc2c(c1)OCCCO2. The summed E-state index contributed by atoms with van der Waals surface area (Å²) in [7, 11) is 1.97. The van der Waals surface area contributed by atoms with Crippen LogP contribution in [0.1, 0.15) is 37.3 Å². The Bertz CT molecular complexity index is 459. The van der Waals surface area contributed by atoms with Crippen molar-refractivity contribution in [1.29, 1.82) is 0 Å². The van der Waals surface area contributed by atoms with E-state index in [-0.39, 0.29) is 6.04 Å². The second kappa shape index (κ2) is 7.14. The molecule has 1 atom stereocenters. The van der Waals surface area contributed by atoms with E-state index in [1.165, 1.54) is 24.8 Å². The van der Waals surface area contributed by atoms with Gasteiger partial charge in [0.15, 0.2) is 11.5 Å². The van der Waals surface area contributed by atoms with Crippen molar-refractivity contribution >= 4 is 0 Å². The van der Waals surface area contributed by atoms with Crippen molar-refractivity contribution < 1.29 is 14.2 Å². The number of nitrogens with one attached hydrogen (secondary N) is 1. The van der Waals surface area contributed by atoms with Crippen molar-refractivity contribution in [3.63, 3.8) is 0 Å². The third-order valence-electron chi connectivity index (χ3n) is 4.17. The second-order valence-electron chi connectivity index (χ2n) is 5.90. The lowest BCUT2D eigenvalue weighted by Crippen LogP contribution is -2.22. The number of benzene rings is 1. The zero-order valence-electron chi connectivity index (χ0n) is 12.8. The van der Waals surface area contributed by atoms with Crippen molar-refractivity contribution in [2.75, 3.05) is 33.5 Å². The molecule has 0 spiro atoms. The van der Waals surface area contributed by atoms with Gasteiger partial charge in [0.05, 0.1) is 25.9 Å². The van der Waals surface area contributed by atoms with Gasteiger partial charge in [-0.2, -0.15) is 0 Å². The molecule has 1 N–H and O–H groups in total. The third-order valence-corrected chi connectivity index (χ3v) is 4.17. The van der Waals surface area contributed by atoms with E-state index in [0.717, 1.165) is 43.7 Å². The van der Waals surface area contributed by atoms with E-state index in [2.05, 4.69) is 17.4 Å². The molecule has 0 saturated heterocycles. The Balaban J connectivity index is 1.58. The topological polar surface area (TPSA) is 39.7 Å². The van der Waals surface area contributed by atoms with E-state index in [0.29, 0.717) is 6.61 Å². The molecular weight excluding hydrogens is 266 g/mol. The summed E-state index contributed by atoms with van der Waals surface area (Å²) in [6.07, 6.45) is 4.92. The van der Waals surface area contributed by atoms with Crippen LogP contribution in [0.4, 0.5) is 0 Å². The van der Waals surface area contributed by atoms with Crippen LogP contribution in [0, 0.1) is 5.92 Å². The van der Waals surface area contributed by atoms with E-state index in [1.807, 2.05) is 13.1 Å². The summed E-state index contributed by atoms with van der Waals surface area (Å²) in [5, 5.41) is 3.32. The van der Waals surface area contributed by atoms with E-state index in [1.54, 1.807) is 0 Å². The monoisotopic (exact) mass is 291 g/mol. The van der Waals surface area contributed by atoms with Gasteiger partial charge >= 0.3 is 0 Å². The Morgan fingerprint density at radius 3 is 2.81 bits per heavy atom. The van der Waals surface area contributed by atoms with Crippen LogP contribution < -0.4 is 14.8 Å². The maximum absolute atomic E-state index is 5.83. The molecule has 1 aliphatic carbocycles. The van der Waals surface area contributed by atoms with Crippen molar-refractivity contribution in [2.45, 2.75) is 31.7 Å². The smallest absolute Gasteiger partial charge is 0.161 e. The first kappa shape index (κ1) is 14.7. The molecule has 1 aromatic rings. The third kappa shape index (κ3) is 4.11. The van der Waals surface area contributed by atoms with E-state index < -0.39 is 0 Å². The Kier molecular flexibility index (Phi) is 4.99. The van der Waals surface area contributed by atoms with Gasteiger partial charge in [0.2, 0.25) is 0 Å². The lowest BCUT2D eigenvalue weighted by molar-refractivity contribution is 0.108. The number of hydrogen-bond donors (Lipinski definition) is 1. The van der Waals surface area contributed by atoms with Crippen molar-refractivity contribution in [2.24, 2.45) is 5.92 Å². The molecule has 0 bridgehead atoms. The maximum Gasteiger partial charge on any atom is 0.161 e. The zero-order chi connectivity index (χ0) is 14.5. The molecule has 4 nitrogen and oxygen atoms in total. The molecule has 1 aromatic carbocycles. The quantitative estimate of drug-likeness (QED) is 0.784. The van der Waals surface area contributed by atoms with Gasteiger partial charge < -0.3 is 19.5 Å². The lowest BCUT2D eigenvalue weighted by Gasteiger charge is -2.18. The lowest BCUT2D eigenvalue weighted by atomic mass is 10.1. The van der Waals surface area contributed by atoms with Crippen LogP contribution in [0.5, 0.6) is 11.5 Å². The molecule has 1 unspecified atom stereocenters. The highest BCUT2D eigenvalue weighted by molar-refractivity contribution is 5.44. The zero-order valence-corrected chi connectivity index (χ0v) is 12.8. The van der Waals surface area contributed by atoms with Crippen LogP contribution in [0.25, 0.3) is 0 Å². The second-order valence-corrected chi connectivity index (χ2v) is 5.90. The summed E-state index contributed by atoms with van der Waals surface area (Å²) < 4.78 is 17.3. The summed E-state index contributed by atoms with van der Waals surface area (Å²) in [6.45, 7) is 3.01. The standard InChI is InChI=1S/C17H25NO3/c1-18-15(12-19-10-7-13-3-4-13)14-5-6-16-17(11-14)21-9-2-8-20-16/h5-6,11,13,15,18H,2-4,7-10,12H2,1H3. The van der Waals surface area contributed by atoms with Gasteiger partial charge in [-0.25, -0.2) is 0 Å². The van der Waals surface area contributed by atoms with Crippen LogP contribution in [0.3, 0.4) is 0 Å². The van der Waals surface area contributed by atoms with Crippen LogP contribution in [-0.4, -0.2) is 33.5 Å². The molecule has 1 fully saturated rings. The molecule has 1 saturated carbocycles. The minimum Gasteiger partial charge on any atom is -0.490 e. The average molecular weight is 291 g/mol. The van der Waals surface area contributed by atoms with E-state index >= 15 is 0 Å². The van der Waals surface area contributed by atoms with Gasteiger partial charge in [-0.05, 0) is 37.1 Å². The highest BCUT2D eigenvalue weighted by atomic mass is 16.5. The largest absolute Gasteiger partial charge is 0.490 e. The highest BCUT2D eigenvalue weighted by Gasteiger charge is 2.21. The molecule has 21 heavy (non-hydrogen) atoms. The average Bonchev–Trinajstić information content (AvgIpc) is 3.33. The fourth-order valence-corrected chi connectivity index (χ4v) is 2.60. The first-order chi connectivity index (χ1) is 10.4. The van der Waals surface area contributed by atoms with Crippen LogP contribution in [-0.2, 0) is 4.74 Å². The Morgan fingerprint density at radius 1 is 1.24 bits per heavy atom. The van der Waals surface area contributed by atoms with Crippen LogP contribution in [0.2, 0.25) is 0 Å². The summed E-state index contributed by atoms with van der Waals surface area (Å²) in [5.74, 6) is 2.63. The predicted molar refractivity (Wildman–Crippen MR) is 82.0 cm³/mol. The van der Waals surface area contributed by atoms with Gasteiger partial charge in [0, 0.05) is 13.0 Å².